The van der Waals surface area contributed by atoms with Gasteiger partial charge >= 0.3 is 0 Å². The lowest BCUT2D eigenvalue weighted by Crippen LogP contribution is -2.01. The summed E-state index contributed by atoms with van der Waals surface area (Å²) in [7, 11) is 0. The van der Waals surface area contributed by atoms with E-state index in [-0.39, 0.29) is 11.4 Å². The summed E-state index contributed by atoms with van der Waals surface area (Å²) >= 11 is 0. The summed E-state index contributed by atoms with van der Waals surface area (Å²) in [6.07, 6.45) is 2.91. The highest BCUT2D eigenvalue weighted by Gasteiger charge is 2.13. The smallest absolute Gasteiger partial charge is 0.294 e. The van der Waals surface area contributed by atoms with Crippen LogP contribution in [0.4, 0.5) is 17.1 Å². The van der Waals surface area contributed by atoms with Gasteiger partial charge in [0.15, 0.2) is 0 Å². The first-order valence-corrected chi connectivity index (χ1v) is 4.40. The van der Waals surface area contributed by atoms with Crippen LogP contribution in [-0.4, -0.2) is 17.5 Å². The quantitative estimate of drug-likeness (QED) is 0.270. The van der Waals surface area contributed by atoms with E-state index in [9.17, 15) is 14.9 Å². The summed E-state index contributed by atoms with van der Waals surface area (Å²) in [6.45, 7) is 3.91. The van der Waals surface area contributed by atoms with Crippen LogP contribution in [-0.2, 0) is 4.79 Å². The fourth-order valence-electron chi connectivity index (χ4n) is 1.12. The van der Waals surface area contributed by atoms with Crippen molar-refractivity contribution >= 4 is 23.1 Å². The first kappa shape index (κ1) is 11.6. The maximum Gasteiger partial charge on any atom is 0.294 e. The zero-order chi connectivity index (χ0) is 12.0. The Morgan fingerprint density at radius 1 is 1.62 bits per heavy atom. The van der Waals surface area contributed by atoms with Crippen molar-refractivity contribution < 1.29 is 9.72 Å². The summed E-state index contributed by atoms with van der Waals surface area (Å²) in [5.74, 6) is 0. The molecule has 0 radical (unpaired) electrons. The normalized spacial score (nSPS) is 9.00. The number of nitro benzene ring substituents is 1. The Balaban J connectivity index is 3.13. The molecule has 0 aliphatic rings. The monoisotopic (exact) mass is 219 g/mol. The molecule has 1 aromatic carbocycles. The molecule has 0 saturated carbocycles. The van der Waals surface area contributed by atoms with Crippen LogP contribution in [0.2, 0.25) is 0 Å². The second kappa shape index (κ2) is 5.43. The summed E-state index contributed by atoms with van der Waals surface area (Å²) in [4.78, 5) is 23.5. The van der Waals surface area contributed by atoms with E-state index >= 15 is 0 Å². The molecular weight excluding hydrogens is 210 g/mol. The molecule has 0 unspecified atom stereocenters. The standard InChI is InChI=1S/C10H9N3O3/c1-2-5-11-9-4-3-8(12-7-14)6-10(9)13(15)16/h2-4,6,11H,1,5H2. The number of benzene rings is 1. The number of aliphatic imine (C=N–C) groups is 1. The van der Waals surface area contributed by atoms with Crippen LogP contribution in [0, 0.1) is 10.1 Å². The Kier molecular flexibility index (Phi) is 3.94. The van der Waals surface area contributed by atoms with E-state index in [4.69, 9.17) is 0 Å². The molecule has 0 aliphatic heterocycles. The van der Waals surface area contributed by atoms with Gasteiger partial charge in [-0.2, -0.15) is 4.99 Å². The number of hydrogen-bond donors (Lipinski definition) is 1. The number of nitro groups is 1. The molecule has 16 heavy (non-hydrogen) atoms. The van der Waals surface area contributed by atoms with Crippen molar-refractivity contribution in [2.75, 3.05) is 11.9 Å². The van der Waals surface area contributed by atoms with E-state index in [1.807, 2.05) is 0 Å². The van der Waals surface area contributed by atoms with E-state index in [2.05, 4.69) is 16.9 Å². The maximum atomic E-state index is 10.7. The zero-order valence-corrected chi connectivity index (χ0v) is 8.34. The van der Waals surface area contributed by atoms with E-state index in [1.165, 1.54) is 24.3 Å². The van der Waals surface area contributed by atoms with Gasteiger partial charge in [0.25, 0.3) is 5.69 Å². The van der Waals surface area contributed by atoms with E-state index in [1.54, 1.807) is 6.08 Å². The van der Waals surface area contributed by atoms with Crippen molar-refractivity contribution in [2.45, 2.75) is 0 Å². The third-order valence-electron chi connectivity index (χ3n) is 1.79. The third kappa shape index (κ3) is 2.76. The summed E-state index contributed by atoms with van der Waals surface area (Å²) in [5.41, 5.74) is 0.416. The fraction of sp³-hybridized carbons (Fsp3) is 0.100. The number of anilines is 1. The van der Waals surface area contributed by atoms with Crippen molar-refractivity contribution in [2.24, 2.45) is 4.99 Å². The van der Waals surface area contributed by atoms with Gasteiger partial charge in [-0.05, 0) is 12.1 Å². The first-order valence-electron chi connectivity index (χ1n) is 4.40. The molecule has 0 aliphatic carbocycles. The molecule has 0 atom stereocenters. The number of nitrogens with zero attached hydrogens (tertiary/aromatic N) is 2. The average Bonchev–Trinajstić information content (AvgIpc) is 2.27. The van der Waals surface area contributed by atoms with Crippen molar-refractivity contribution in [3.05, 3.63) is 41.0 Å². The molecule has 1 aromatic rings. The molecule has 6 heteroatoms. The van der Waals surface area contributed by atoms with Gasteiger partial charge < -0.3 is 5.32 Å². The van der Waals surface area contributed by atoms with Gasteiger partial charge in [-0.1, -0.05) is 6.08 Å². The highest BCUT2D eigenvalue weighted by atomic mass is 16.6. The van der Waals surface area contributed by atoms with Crippen LogP contribution in [0.15, 0.2) is 35.8 Å². The van der Waals surface area contributed by atoms with Crippen molar-refractivity contribution in [1.82, 2.24) is 0 Å². The van der Waals surface area contributed by atoms with Gasteiger partial charge in [-0.15, -0.1) is 6.58 Å². The number of carbonyl (C=O) groups excluding carboxylic acids is 1. The van der Waals surface area contributed by atoms with Gasteiger partial charge in [0.1, 0.15) is 5.69 Å². The van der Waals surface area contributed by atoms with Gasteiger partial charge in [0.05, 0.1) is 10.6 Å². The minimum absolute atomic E-state index is 0.140. The molecule has 0 fully saturated rings. The fourth-order valence-corrected chi connectivity index (χ4v) is 1.12. The number of rotatable bonds is 5. The first-order chi connectivity index (χ1) is 7.69. The minimum Gasteiger partial charge on any atom is -0.376 e. The Morgan fingerprint density at radius 2 is 2.38 bits per heavy atom. The largest absolute Gasteiger partial charge is 0.376 e. The summed E-state index contributed by atoms with van der Waals surface area (Å²) in [5, 5.41) is 13.6. The van der Waals surface area contributed by atoms with E-state index < -0.39 is 4.92 Å². The van der Waals surface area contributed by atoms with E-state index in [0.717, 1.165) is 0 Å². The van der Waals surface area contributed by atoms with Gasteiger partial charge in [-0.25, -0.2) is 4.79 Å². The van der Waals surface area contributed by atoms with Crippen molar-refractivity contribution in [1.29, 1.82) is 0 Å². The summed E-state index contributed by atoms with van der Waals surface area (Å²) in [6, 6.07) is 4.18. The number of isocyanates is 1. The lowest BCUT2D eigenvalue weighted by Gasteiger charge is -2.04. The van der Waals surface area contributed by atoms with Crippen LogP contribution in [0.1, 0.15) is 0 Å². The Hall–Kier alpha value is -2.46. The molecule has 82 valence electrons. The Morgan fingerprint density at radius 3 is 2.94 bits per heavy atom. The van der Waals surface area contributed by atoms with Crippen LogP contribution in [0.3, 0.4) is 0 Å². The molecule has 1 N–H and O–H groups in total. The van der Waals surface area contributed by atoms with Crippen LogP contribution in [0.25, 0.3) is 0 Å². The lowest BCUT2D eigenvalue weighted by molar-refractivity contribution is -0.383. The molecule has 6 nitrogen and oxygen atoms in total. The van der Waals surface area contributed by atoms with Gasteiger partial charge in [-0.3, -0.25) is 10.1 Å². The molecule has 0 spiro atoms. The van der Waals surface area contributed by atoms with Crippen LogP contribution >= 0.6 is 0 Å². The van der Waals surface area contributed by atoms with Gasteiger partial charge in [0.2, 0.25) is 6.08 Å². The molecule has 0 saturated heterocycles. The highest BCUT2D eigenvalue weighted by molar-refractivity contribution is 5.67. The molecular formula is C10H9N3O3. The molecule has 0 heterocycles. The van der Waals surface area contributed by atoms with Crippen LogP contribution < -0.4 is 5.32 Å². The van der Waals surface area contributed by atoms with Gasteiger partial charge in [0, 0.05) is 12.6 Å². The lowest BCUT2D eigenvalue weighted by atomic mass is 10.2. The maximum absolute atomic E-state index is 10.7. The second-order valence-corrected chi connectivity index (χ2v) is 2.83. The Bertz CT molecular complexity index is 464. The SMILES string of the molecule is C=CCNc1ccc(N=C=O)cc1[N+](=O)[O-]. The number of hydrogen-bond acceptors (Lipinski definition) is 5. The predicted molar refractivity (Wildman–Crippen MR) is 59.6 cm³/mol. The third-order valence-corrected chi connectivity index (χ3v) is 1.79. The molecule has 0 amide bonds. The molecule has 0 bridgehead atoms. The second-order valence-electron chi connectivity index (χ2n) is 2.83. The minimum atomic E-state index is -0.546. The number of nitrogens with one attached hydrogen (secondary N) is 1. The highest BCUT2D eigenvalue weighted by Crippen LogP contribution is 2.28. The molecule has 1 rings (SSSR count). The van der Waals surface area contributed by atoms with Crippen molar-refractivity contribution in [3.63, 3.8) is 0 Å². The Labute approximate surface area is 91.5 Å². The van der Waals surface area contributed by atoms with E-state index in [0.29, 0.717) is 12.2 Å². The van der Waals surface area contributed by atoms with Crippen LogP contribution in [0.5, 0.6) is 0 Å². The summed E-state index contributed by atoms with van der Waals surface area (Å²) < 4.78 is 0. The topological polar surface area (TPSA) is 84.6 Å². The van der Waals surface area contributed by atoms with Crippen molar-refractivity contribution in [3.8, 4) is 0 Å². The molecule has 0 aromatic heterocycles. The predicted octanol–water partition coefficient (Wildman–Crippen LogP) is 2.16. The zero-order valence-electron chi connectivity index (χ0n) is 8.34. The average molecular weight is 219 g/mol.